The first-order chi connectivity index (χ1) is 9.56. The lowest BCUT2D eigenvalue weighted by atomic mass is 10.4. The summed E-state index contributed by atoms with van der Waals surface area (Å²) < 4.78 is 1.08. The number of rotatable bonds is 5. The van der Waals surface area contributed by atoms with Crippen molar-refractivity contribution >= 4 is 56.5 Å². The van der Waals surface area contributed by atoms with Crippen molar-refractivity contribution in [3.63, 3.8) is 0 Å². The molecule has 2 rings (SSSR count). The van der Waals surface area contributed by atoms with Gasteiger partial charge in [-0.05, 0) is 40.2 Å². The number of carbonyl (C=O) groups excluding carboxylic acids is 1. The minimum absolute atomic E-state index is 0.0967. The molecule has 0 atom stereocenters. The molecule has 0 radical (unpaired) electrons. The van der Waals surface area contributed by atoms with Crippen LogP contribution in [0.4, 0.5) is 0 Å². The molecule has 0 spiro atoms. The number of hydrogen-bond donors (Lipinski definition) is 0. The summed E-state index contributed by atoms with van der Waals surface area (Å²) in [5, 5.41) is 0.690. The normalized spacial score (nSPS) is 10.6. The zero-order valence-electron chi connectivity index (χ0n) is 10.8. The summed E-state index contributed by atoms with van der Waals surface area (Å²) in [6.07, 6.45) is 0. The lowest BCUT2D eigenvalue weighted by Crippen LogP contribution is -2.27. The van der Waals surface area contributed by atoms with Crippen LogP contribution in [0.5, 0.6) is 0 Å². The Hall–Kier alpha value is -0.490. The summed E-state index contributed by atoms with van der Waals surface area (Å²) in [5.41, 5.74) is 0. The van der Waals surface area contributed by atoms with Crippen molar-refractivity contribution in [2.24, 2.45) is 0 Å². The van der Waals surface area contributed by atoms with Gasteiger partial charge in [0, 0.05) is 16.8 Å². The maximum Gasteiger partial charge on any atom is 0.233 e. The van der Waals surface area contributed by atoms with Gasteiger partial charge >= 0.3 is 0 Å². The number of amides is 1. The predicted molar refractivity (Wildman–Crippen MR) is 90.7 cm³/mol. The summed E-state index contributed by atoms with van der Waals surface area (Å²) >= 11 is 12.6. The third kappa shape index (κ3) is 4.52. The van der Waals surface area contributed by atoms with E-state index in [1.54, 1.807) is 16.2 Å². The molecule has 20 heavy (non-hydrogen) atoms. The molecule has 0 aliphatic carbocycles. The number of benzene rings is 1. The smallest absolute Gasteiger partial charge is 0.233 e. The fraction of sp³-hybridized carbons (Fsp3) is 0.214. The van der Waals surface area contributed by atoms with Crippen molar-refractivity contribution in [1.29, 1.82) is 0 Å². The highest BCUT2D eigenvalue weighted by Crippen LogP contribution is 2.27. The van der Waals surface area contributed by atoms with Crippen molar-refractivity contribution in [2.45, 2.75) is 11.4 Å². The van der Waals surface area contributed by atoms with Gasteiger partial charge in [-0.1, -0.05) is 23.7 Å². The highest BCUT2D eigenvalue weighted by molar-refractivity contribution is 9.11. The molecule has 1 amide bonds. The molecule has 0 aliphatic heterocycles. The van der Waals surface area contributed by atoms with Crippen molar-refractivity contribution in [3.05, 3.63) is 50.1 Å². The van der Waals surface area contributed by atoms with Gasteiger partial charge in [0.25, 0.3) is 0 Å². The Bertz CT molecular complexity index is 602. The van der Waals surface area contributed by atoms with E-state index in [0.717, 1.165) is 13.6 Å². The van der Waals surface area contributed by atoms with Gasteiger partial charge < -0.3 is 4.90 Å². The molecule has 0 unspecified atom stereocenters. The Morgan fingerprint density at radius 2 is 2.10 bits per heavy atom. The monoisotopic (exact) mass is 389 g/mol. The Balaban J connectivity index is 1.87. The van der Waals surface area contributed by atoms with Crippen LogP contribution in [0.3, 0.4) is 0 Å². The Morgan fingerprint density at radius 1 is 1.35 bits per heavy atom. The van der Waals surface area contributed by atoms with E-state index in [2.05, 4.69) is 15.9 Å². The minimum Gasteiger partial charge on any atom is -0.340 e. The second-order valence-electron chi connectivity index (χ2n) is 4.17. The number of nitrogens with zero attached hydrogens (tertiary/aromatic N) is 1. The zero-order valence-corrected chi connectivity index (χ0v) is 14.8. The molecule has 2 nitrogen and oxygen atoms in total. The molecule has 106 valence electrons. The Kier molecular flexibility index (Phi) is 5.96. The average molecular weight is 391 g/mol. The van der Waals surface area contributed by atoms with E-state index < -0.39 is 0 Å². The largest absolute Gasteiger partial charge is 0.340 e. The topological polar surface area (TPSA) is 20.3 Å². The maximum atomic E-state index is 12.1. The first-order valence-corrected chi connectivity index (χ1v) is 8.89. The number of hydrogen-bond acceptors (Lipinski definition) is 3. The fourth-order valence-corrected chi connectivity index (χ4v) is 4.29. The third-order valence-electron chi connectivity index (χ3n) is 2.64. The van der Waals surface area contributed by atoms with Crippen LogP contribution in [0.25, 0.3) is 0 Å². The number of halogens is 2. The van der Waals surface area contributed by atoms with E-state index in [1.807, 2.05) is 43.4 Å². The van der Waals surface area contributed by atoms with Gasteiger partial charge in [-0.15, -0.1) is 23.1 Å². The average Bonchev–Trinajstić information content (AvgIpc) is 2.82. The van der Waals surface area contributed by atoms with Crippen LogP contribution < -0.4 is 0 Å². The van der Waals surface area contributed by atoms with Gasteiger partial charge in [0.2, 0.25) is 5.91 Å². The molecule has 0 aliphatic rings. The molecule has 0 saturated heterocycles. The zero-order chi connectivity index (χ0) is 14.5. The van der Waals surface area contributed by atoms with Gasteiger partial charge in [-0.25, -0.2) is 0 Å². The van der Waals surface area contributed by atoms with E-state index in [1.165, 1.54) is 11.8 Å². The first kappa shape index (κ1) is 15.9. The molecule has 1 heterocycles. The second kappa shape index (κ2) is 7.50. The fourth-order valence-electron chi connectivity index (χ4n) is 1.57. The minimum atomic E-state index is 0.0967. The van der Waals surface area contributed by atoms with Gasteiger partial charge in [0.05, 0.1) is 21.1 Å². The molecule has 0 fully saturated rings. The van der Waals surface area contributed by atoms with Crippen molar-refractivity contribution in [2.75, 3.05) is 12.8 Å². The molecule has 0 saturated carbocycles. The molecular weight excluding hydrogens is 378 g/mol. The predicted octanol–water partition coefficient (Wildman–Crippen LogP) is 4.91. The summed E-state index contributed by atoms with van der Waals surface area (Å²) in [6, 6.07) is 11.6. The van der Waals surface area contributed by atoms with E-state index in [-0.39, 0.29) is 5.91 Å². The van der Waals surface area contributed by atoms with Crippen LogP contribution in [0, 0.1) is 0 Å². The summed E-state index contributed by atoms with van der Waals surface area (Å²) in [7, 11) is 1.82. The van der Waals surface area contributed by atoms with E-state index in [9.17, 15) is 4.79 Å². The number of carbonyl (C=O) groups is 1. The molecule has 1 aromatic heterocycles. The summed E-state index contributed by atoms with van der Waals surface area (Å²) in [5.74, 6) is 0.492. The standard InChI is InChI=1S/C14H13BrClNOS2/c1-17(8-10-6-7-13(15)20-10)14(18)9-19-12-5-3-2-4-11(12)16/h2-7H,8-9H2,1H3. The lowest BCUT2D eigenvalue weighted by Gasteiger charge is -2.16. The van der Waals surface area contributed by atoms with Gasteiger partial charge in [-0.3, -0.25) is 4.79 Å². The van der Waals surface area contributed by atoms with Crippen LogP contribution in [0.1, 0.15) is 4.88 Å². The van der Waals surface area contributed by atoms with Crippen molar-refractivity contribution < 1.29 is 4.79 Å². The van der Waals surface area contributed by atoms with Crippen LogP contribution in [0.15, 0.2) is 45.1 Å². The summed E-state index contributed by atoms with van der Waals surface area (Å²) in [6.45, 7) is 0.637. The molecule has 6 heteroatoms. The highest BCUT2D eigenvalue weighted by atomic mass is 79.9. The lowest BCUT2D eigenvalue weighted by molar-refractivity contribution is -0.127. The highest BCUT2D eigenvalue weighted by Gasteiger charge is 2.11. The second-order valence-corrected chi connectivity index (χ2v) is 8.15. The Morgan fingerprint density at radius 3 is 2.75 bits per heavy atom. The summed E-state index contributed by atoms with van der Waals surface area (Å²) in [4.78, 5) is 15.9. The van der Waals surface area contributed by atoms with Crippen molar-refractivity contribution in [1.82, 2.24) is 4.90 Å². The molecule has 0 N–H and O–H groups in total. The first-order valence-electron chi connectivity index (χ1n) is 5.92. The molecule has 0 bridgehead atoms. The van der Waals surface area contributed by atoms with E-state index in [0.29, 0.717) is 17.3 Å². The third-order valence-corrected chi connectivity index (χ3v) is 5.74. The van der Waals surface area contributed by atoms with Gasteiger partial charge in [-0.2, -0.15) is 0 Å². The van der Waals surface area contributed by atoms with Crippen LogP contribution in [-0.4, -0.2) is 23.6 Å². The SMILES string of the molecule is CN(Cc1ccc(Br)s1)C(=O)CSc1ccccc1Cl. The molecule has 1 aromatic carbocycles. The van der Waals surface area contributed by atoms with Crippen LogP contribution in [-0.2, 0) is 11.3 Å². The van der Waals surface area contributed by atoms with E-state index in [4.69, 9.17) is 11.6 Å². The van der Waals surface area contributed by atoms with E-state index >= 15 is 0 Å². The van der Waals surface area contributed by atoms with Crippen LogP contribution >= 0.6 is 50.6 Å². The molecular formula is C14H13BrClNOS2. The quantitative estimate of drug-likeness (QED) is 0.676. The maximum absolute atomic E-state index is 12.1. The number of thioether (sulfide) groups is 1. The van der Waals surface area contributed by atoms with Gasteiger partial charge in [0.1, 0.15) is 0 Å². The Labute approximate surface area is 140 Å². The number of thiophene rings is 1. The van der Waals surface area contributed by atoms with Gasteiger partial charge in [0.15, 0.2) is 0 Å². The molecule has 2 aromatic rings. The van der Waals surface area contributed by atoms with Crippen LogP contribution in [0.2, 0.25) is 5.02 Å². The van der Waals surface area contributed by atoms with Crippen molar-refractivity contribution in [3.8, 4) is 0 Å².